The molecule has 0 unspecified atom stereocenters. The molecule has 0 aliphatic rings. The van der Waals surface area contributed by atoms with Crippen LogP contribution in [0.4, 0.5) is 18.9 Å². The third kappa shape index (κ3) is 3.53. The Hall–Kier alpha value is -2.16. The van der Waals surface area contributed by atoms with Crippen molar-refractivity contribution in [2.75, 3.05) is 5.73 Å². The Morgan fingerprint density at radius 3 is 2.56 bits per heavy atom. The molecule has 3 nitrogen and oxygen atoms in total. The van der Waals surface area contributed by atoms with Crippen molar-refractivity contribution < 1.29 is 22.7 Å². The molecule has 0 aliphatic heterocycles. The molecule has 1 rings (SSSR count). The van der Waals surface area contributed by atoms with Crippen LogP contribution in [0.1, 0.15) is 5.56 Å². The lowest BCUT2D eigenvalue weighted by molar-refractivity contribution is -0.274. The maximum absolute atomic E-state index is 11.9. The molecule has 0 aromatic heterocycles. The van der Waals surface area contributed by atoms with Gasteiger partial charge >= 0.3 is 6.36 Å². The number of aldehydes is 1. The minimum absolute atomic E-state index is 0.199. The van der Waals surface area contributed by atoms with E-state index in [1.165, 1.54) is 12.1 Å². The van der Waals surface area contributed by atoms with Crippen LogP contribution in [0.2, 0.25) is 0 Å². The van der Waals surface area contributed by atoms with Gasteiger partial charge in [0.1, 0.15) is 0 Å². The molecule has 0 spiro atoms. The van der Waals surface area contributed by atoms with E-state index in [0.29, 0.717) is 11.8 Å². The van der Waals surface area contributed by atoms with Crippen LogP contribution in [-0.4, -0.2) is 12.6 Å². The molecule has 1 aromatic carbocycles. The van der Waals surface area contributed by atoms with Crippen molar-refractivity contribution in [3.8, 4) is 17.6 Å². The number of halogens is 3. The van der Waals surface area contributed by atoms with Crippen LogP contribution in [0.25, 0.3) is 0 Å². The van der Waals surface area contributed by atoms with E-state index < -0.39 is 12.1 Å². The monoisotopic (exact) mass is 229 g/mol. The summed E-state index contributed by atoms with van der Waals surface area (Å²) in [7, 11) is 0. The number of hydrogen-bond donors (Lipinski definition) is 1. The standard InChI is InChI=1S/C10H6F3NO2/c11-10(12,13)16-9-4-3-7(2-1-5-15)6-8(9)14/h3-6H,14H2. The van der Waals surface area contributed by atoms with Crippen molar-refractivity contribution in [3.05, 3.63) is 23.8 Å². The molecule has 0 amide bonds. The van der Waals surface area contributed by atoms with Gasteiger partial charge in [-0.3, -0.25) is 4.79 Å². The van der Waals surface area contributed by atoms with Crippen LogP contribution in [0.3, 0.4) is 0 Å². The maximum atomic E-state index is 11.9. The third-order valence-electron chi connectivity index (χ3n) is 1.51. The Balaban J connectivity index is 2.96. The number of nitrogen functional groups attached to an aromatic ring is 1. The van der Waals surface area contributed by atoms with Crippen LogP contribution in [-0.2, 0) is 4.79 Å². The highest BCUT2D eigenvalue weighted by Gasteiger charge is 2.31. The average Bonchev–Trinajstić information content (AvgIpc) is 2.17. The molecule has 2 N–H and O–H groups in total. The van der Waals surface area contributed by atoms with Gasteiger partial charge in [-0.1, -0.05) is 5.92 Å². The summed E-state index contributed by atoms with van der Waals surface area (Å²) in [5.74, 6) is 4.00. The molecule has 0 saturated carbocycles. The molecular formula is C10H6F3NO2. The molecule has 0 aliphatic carbocycles. The van der Waals surface area contributed by atoms with Gasteiger partial charge in [0.2, 0.25) is 0 Å². The highest BCUT2D eigenvalue weighted by Crippen LogP contribution is 2.28. The Morgan fingerprint density at radius 1 is 1.38 bits per heavy atom. The number of ether oxygens (including phenoxy) is 1. The number of anilines is 1. The largest absolute Gasteiger partial charge is 0.573 e. The lowest BCUT2D eigenvalue weighted by Gasteiger charge is -2.10. The zero-order valence-electron chi connectivity index (χ0n) is 7.84. The van der Waals surface area contributed by atoms with E-state index in [4.69, 9.17) is 5.73 Å². The summed E-state index contributed by atoms with van der Waals surface area (Å²) >= 11 is 0. The maximum Gasteiger partial charge on any atom is 0.573 e. The van der Waals surface area contributed by atoms with Crippen LogP contribution in [0, 0.1) is 11.8 Å². The number of hydrogen-bond acceptors (Lipinski definition) is 3. The van der Waals surface area contributed by atoms with Gasteiger partial charge in [0.25, 0.3) is 0 Å². The van der Waals surface area contributed by atoms with Gasteiger partial charge in [-0.25, -0.2) is 0 Å². The van der Waals surface area contributed by atoms with E-state index in [0.717, 1.165) is 6.07 Å². The Labute approximate surface area is 89.0 Å². The van der Waals surface area contributed by atoms with E-state index in [9.17, 15) is 18.0 Å². The third-order valence-corrected chi connectivity index (χ3v) is 1.51. The molecule has 16 heavy (non-hydrogen) atoms. The average molecular weight is 229 g/mol. The summed E-state index contributed by atoms with van der Waals surface area (Å²) in [6, 6.07) is 3.50. The van der Waals surface area contributed by atoms with E-state index in [-0.39, 0.29) is 5.69 Å². The zero-order valence-corrected chi connectivity index (χ0v) is 7.84. The van der Waals surface area contributed by atoms with Crippen LogP contribution in [0.5, 0.6) is 5.75 Å². The predicted octanol–water partition coefficient (Wildman–Crippen LogP) is 1.72. The molecule has 0 atom stereocenters. The lowest BCUT2D eigenvalue weighted by atomic mass is 10.2. The van der Waals surface area contributed by atoms with Gasteiger partial charge in [0, 0.05) is 5.56 Å². The van der Waals surface area contributed by atoms with Crippen molar-refractivity contribution in [1.82, 2.24) is 0 Å². The molecular weight excluding hydrogens is 223 g/mol. The molecule has 0 saturated heterocycles. The van der Waals surface area contributed by atoms with Crippen molar-refractivity contribution in [3.63, 3.8) is 0 Å². The number of alkyl halides is 3. The number of benzene rings is 1. The first-order valence-electron chi connectivity index (χ1n) is 4.03. The normalized spacial score (nSPS) is 10.2. The van der Waals surface area contributed by atoms with E-state index >= 15 is 0 Å². The smallest absolute Gasteiger partial charge is 0.404 e. The number of carbonyl (C=O) groups excluding carboxylic acids is 1. The Morgan fingerprint density at radius 2 is 2.06 bits per heavy atom. The fourth-order valence-corrected chi connectivity index (χ4v) is 0.957. The fourth-order valence-electron chi connectivity index (χ4n) is 0.957. The first kappa shape index (κ1) is 11.9. The van der Waals surface area contributed by atoms with Crippen molar-refractivity contribution >= 4 is 12.0 Å². The highest BCUT2D eigenvalue weighted by molar-refractivity contribution is 5.74. The van der Waals surface area contributed by atoms with Crippen molar-refractivity contribution in [2.24, 2.45) is 0 Å². The minimum atomic E-state index is -4.79. The Kier molecular flexibility index (Phi) is 3.40. The van der Waals surface area contributed by atoms with Gasteiger partial charge in [-0.15, -0.1) is 13.2 Å². The van der Waals surface area contributed by atoms with Gasteiger partial charge in [-0.2, -0.15) is 0 Å². The van der Waals surface area contributed by atoms with E-state index in [1.54, 1.807) is 0 Å². The summed E-state index contributed by atoms with van der Waals surface area (Å²) in [4.78, 5) is 9.94. The van der Waals surface area contributed by atoms with Gasteiger partial charge in [-0.05, 0) is 24.1 Å². The zero-order chi connectivity index (χ0) is 12.2. The molecule has 0 fully saturated rings. The van der Waals surface area contributed by atoms with Crippen molar-refractivity contribution in [2.45, 2.75) is 6.36 Å². The fraction of sp³-hybridized carbons (Fsp3) is 0.100. The second-order valence-corrected chi connectivity index (χ2v) is 2.69. The molecule has 0 radical (unpaired) electrons. The topological polar surface area (TPSA) is 52.3 Å². The molecule has 84 valence electrons. The van der Waals surface area contributed by atoms with E-state index in [1.807, 2.05) is 0 Å². The van der Waals surface area contributed by atoms with Gasteiger partial charge in [0.15, 0.2) is 12.0 Å². The lowest BCUT2D eigenvalue weighted by Crippen LogP contribution is -2.18. The first-order valence-corrected chi connectivity index (χ1v) is 4.03. The Bertz CT molecular complexity index is 457. The summed E-state index contributed by atoms with van der Waals surface area (Å²) in [5, 5.41) is 0. The highest BCUT2D eigenvalue weighted by atomic mass is 19.4. The van der Waals surface area contributed by atoms with Gasteiger partial charge < -0.3 is 10.5 Å². The number of rotatable bonds is 1. The summed E-state index contributed by atoms with van der Waals surface area (Å²) in [5.41, 5.74) is 5.45. The molecule has 0 heterocycles. The number of nitrogens with two attached hydrogens (primary N) is 1. The summed E-state index contributed by atoms with van der Waals surface area (Å²) in [6.45, 7) is 0. The van der Waals surface area contributed by atoms with Crippen LogP contribution >= 0.6 is 0 Å². The number of carbonyl (C=O) groups is 1. The second-order valence-electron chi connectivity index (χ2n) is 2.69. The predicted molar refractivity (Wildman–Crippen MR) is 50.5 cm³/mol. The quantitative estimate of drug-likeness (QED) is 0.453. The van der Waals surface area contributed by atoms with Gasteiger partial charge in [0.05, 0.1) is 5.69 Å². The van der Waals surface area contributed by atoms with Crippen molar-refractivity contribution in [1.29, 1.82) is 0 Å². The SMILES string of the molecule is Nc1cc(C#CC=O)ccc1OC(F)(F)F. The summed E-state index contributed by atoms with van der Waals surface area (Å²) in [6.07, 6.45) is -4.42. The van der Waals surface area contributed by atoms with Crippen LogP contribution in [0.15, 0.2) is 18.2 Å². The summed E-state index contributed by atoms with van der Waals surface area (Å²) < 4.78 is 39.3. The van der Waals surface area contributed by atoms with E-state index in [2.05, 4.69) is 16.6 Å². The second kappa shape index (κ2) is 4.57. The molecule has 6 heteroatoms. The van der Waals surface area contributed by atoms with Crippen LogP contribution < -0.4 is 10.5 Å². The first-order chi connectivity index (χ1) is 7.42. The molecule has 1 aromatic rings. The molecule has 0 bridgehead atoms. The minimum Gasteiger partial charge on any atom is -0.404 e.